The summed E-state index contributed by atoms with van der Waals surface area (Å²) in [6, 6.07) is 22.3. The van der Waals surface area contributed by atoms with Crippen molar-refractivity contribution >= 4 is 22.4 Å². The number of hydrogen-bond donors (Lipinski definition) is 0. The predicted octanol–water partition coefficient (Wildman–Crippen LogP) is 4.24. The molecule has 1 fully saturated rings. The molecule has 0 saturated carbocycles. The highest BCUT2D eigenvalue weighted by Crippen LogP contribution is 2.39. The minimum absolute atomic E-state index is 0.0162. The molecule has 3 heterocycles. The maximum atomic E-state index is 13.7. The van der Waals surface area contributed by atoms with Gasteiger partial charge in [0.2, 0.25) is 18.1 Å². The van der Waals surface area contributed by atoms with Crippen LogP contribution in [0.4, 0.5) is 5.69 Å². The van der Waals surface area contributed by atoms with Crippen molar-refractivity contribution in [2.24, 2.45) is 0 Å². The number of ketones is 1. The van der Waals surface area contributed by atoms with E-state index in [9.17, 15) is 4.79 Å². The number of carbonyl (C=O) groups is 1. The second-order valence-corrected chi connectivity index (χ2v) is 9.25. The van der Waals surface area contributed by atoms with Crippen LogP contribution in [0, 0.1) is 6.92 Å². The Labute approximate surface area is 204 Å². The SMILES string of the molecule is Cc1ccc(C(=O)c2c[nH+]c3cc4c(cc3c2N2CCN(Cc3ccccc3)CC2)OCO4)cc1. The van der Waals surface area contributed by atoms with Gasteiger partial charge in [0.05, 0.1) is 17.1 Å². The molecule has 0 spiro atoms. The van der Waals surface area contributed by atoms with Crippen molar-refractivity contribution in [2.75, 3.05) is 37.9 Å². The number of piperazine rings is 1. The summed E-state index contributed by atoms with van der Waals surface area (Å²) in [5.74, 6) is 1.46. The number of ether oxygens (including phenoxy) is 2. The first-order valence-electron chi connectivity index (χ1n) is 12.1. The van der Waals surface area contributed by atoms with Crippen LogP contribution in [-0.2, 0) is 6.54 Å². The molecule has 0 unspecified atom stereocenters. The second-order valence-electron chi connectivity index (χ2n) is 9.25. The number of nitrogens with zero attached hydrogens (tertiary/aromatic N) is 2. The minimum Gasteiger partial charge on any atom is -0.454 e. The van der Waals surface area contributed by atoms with E-state index in [0.29, 0.717) is 11.1 Å². The van der Waals surface area contributed by atoms with Crippen LogP contribution in [-0.4, -0.2) is 43.7 Å². The minimum atomic E-state index is 0.0162. The standard InChI is InChI=1S/C29H27N3O3/c1-20-7-9-22(10-8-20)29(33)24-17-30-25-16-27-26(34-19-35-27)15-23(25)28(24)32-13-11-31(12-14-32)18-21-5-3-2-4-6-21/h2-10,15-17H,11-14,18-19H2,1H3/p+1. The van der Waals surface area contributed by atoms with Crippen molar-refractivity contribution in [3.8, 4) is 11.5 Å². The van der Waals surface area contributed by atoms with Gasteiger partial charge in [0.1, 0.15) is 5.56 Å². The number of fused-ring (bicyclic) bond motifs is 2. The van der Waals surface area contributed by atoms with Crippen LogP contribution in [0.25, 0.3) is 10.9 Å². The molecule has 4 aromatic rings. The number of aromatic nitrogens is 1. The molecule has 35 heavy (non-hydrogen) atoms. The zero-order valence-corrected chi connectivity index (χ0v) is 19.8. The fourth-order valence-electron chi connectivity index (χ4n) is 4.97. The van der Waals surface area contributed by atoms with Crippen LogP contribution in [0.3, 0.4) is 0 Å². The van der Waals surface area contributed by atoms with Crippen molar-refractivity contribution < 1.29 is 19.3 Å². The van der Waals surface area contributed by atoms with Gasteiger partial charge in [-0.25, -0.2) is 4.98 Å². The highest BCUT2D eigenvalue weighted by molar-refractivity contribution is 6.15. The summed E-state index contributed by atoms with van der Waals surface area (Å²) in [4.78, 5) is 21.8. The number of hydrogen-bond acceptors (Lipinski definition) is 5. The van der Waals surface area contributed by atoms with Gasteiger partial charge in [-0.3, -0.25) is 9.69 Å². The van der Waals surface area contributed by atoms with Crippen molar-refractivity contribution in [1.82, 2.24) is 4.90 Å². The highest BCUT2D eigenvalue weighted by atomic mass is 16.7. The van der Waals surface area contributed by atoms with Crippen LogP contribution < -0.4 is 19.4 Å². The maximum Gasteiger partial charge on any atom is 0.231 e. The van der Waals surface area contributed by atoms with Gasteiger partial charge >= 0.3 is 0 Å². The Morgan fingerprint density at radius 2 is 1.63 bits per heavy atom. The lowest BCUT2D eigenvalue weighted by molar-refractivity contribution is -0.344. The van der Waals surface area contributed by atoms with E-state index in [1.807, 2.05) is 49.5 Å². The van der Waals surface area contributed by atoms with Crippen LogP contribution in [0.1, 0.15) is 27.0 Å². The molecule has 2 aliphatic heterocycles. The Morgan fingerprint density at radius 1 is 0.914 bits per heavy atom. The molecule has 0 bridgehead atoms. The molecule has 1 saturated heterocycles. The van der Waals surface area contributed by atoms with Crippen LogP contribution in [0.15, 0.2) is 72.9 Å². The Bertz CT molecular complexity index is 1380. The van der Waals surface area contributed by atoms with Crippen LogP contribution >= 0.6 is 0 Å². The molecule has 6 rings (SSSR count). The topological polar surface area (TPSA) is 56.2 Å². The third-order valence-corrected chi connectivity index (χ3v) is 6.89. The van der Waals surface area contributed by atoms with E-state index in [0.717, 1.165) is 66.4 Å². The number of carbonyl (C=O) groups excluding carboxylic acids is 1. The van der Waals surface area contributed by atoms with Gasteiger partial charge in [0, 0.05) is 44.4 Å². The molecular weight excluding hydrogens is 438 g/mol. The molecule has 6 heteroatoms. The van der Waals surface area contributed by atoms with Gasteiger partial charge < -0.3 is 14.4 Å². The van der Waals surface area contributed by atoms with Crippen LogP contribution in [0.5, 0.6) is 11.5 Å². The Morgan fingerprint density at radius 3 is 2.37 bits per heavy atom. The fraction of sp³-hybridized carbons (Fsp3) is 0.241. The lowest BCUT2D eigenvalue weighted by atomic mass is 9.98. The number of H-pyrrole nitrogens is 1. The molecule has 3 aromatic carbocycles. The number of pyridine rings is 1. The van der Waals surface area contributed by atoms with Gasteiger partial charge in [0.15, 0.2) is 17.7 Å². The van der Waals surface area contributed by atoms with E-state index < -0.39 is 0 Å². The molecule has 1 N–H and O–H groups in total. The van der Waals surface area contributed by atoms with E-state index in [1.54, 1.807) is 0 Å². The molecule has 0 atom stereocenters. The second kappa shape index (κ2) is 9.04. The molecule has 0 aliphatic carbocycles. The monoisotopic (exact) mass is 466 g/mol. The van der Waals surface area contributed by atoms with E-state index in [2.05, 4.69) is 45.1 Å². The lowest BCUT2D eigenvalue weighted by Crippen LogP contribution is -2.46. The smallest absolute Gasteiger partial charge is 0.231 e. The fourth-order valence-corrected chi connectivity index (χ4v) is 4.97. The molecule has 1 aromatic heterocycles. The van der Waals surface area contributed by atoms with E-state index in [1.165, 1.54) is 5.56 Å². The molecule has 6 nitrogen and oxygen atoms in total. The lowest BCUT2D eigenvalue weighted by Gasteiger charge is -2.37. The first-order valence-corrected chi connectivity index (χ1v) is 12.1. The van der Waals surface area contributed by atoms with Gasteiger partial charge in [0.25, 0.3) is 0 Å². The third-order valence-electron chi connectivity index (χ3n) is 6.89. The summed E-state index contributed by atoms with van der Waals surface area (Å²) in [6.07, 6.45) is 1.85. The first kappa shape index (κ1) is 21.6. The Kier molecular flexibility index (Phi) is 5.58. The average Bonchev–Trinajstić information content (AvgIpc) is 3.35. The van der Waals surface area contributed by atoms with Gasteiger partial charge in [-0.1, -0.05) is 60.2 Å². The number of benzene rings is 3. The molecule has 0 radical (unpaired) electrons. The predicted molar refractivity (Wildman–Crippen MR) is 135 cm³/mol. The largest absolute Gasteiger partial charge is 0.454 e. The maximum absolute atomic E-state index is 13.7. The normalized spacial score (nSPS) is 15.5. The molecule has 2 aliphatic rings. The number of aromatic amines is 1. The number of anilines is 1. The van der Waals surface area contributed by atoms with Gasteiger partial charge in [-0.2, -0.15) is 0 Å². The van der Waals surface area contributed by atoms with Gasteiger partial charge in [-0.15, -0.1) is 0 Å². The highest BCUT2D eigenvalue weighted by Gasteiger charge is 2.29. The Hall–Kier alpha value is -3.90. The summed E-state index contributed by atoms with van der Waals surface area (Å²) in [5, 5.41) is 0.976. The zero-order chi connectivity index (χ0) is 23.8. The van der Waals surface area contributed by atoms with E-state index in [4.69, 9.17) is 9.47 Å². The van der Waals surface area contributed by atoms with Crippen molar-refractivity contribution in [3.05, 3.63) is 95.2 Å². The first-order chi connectivity index (χ1) is 17.2. The summed E-state index contributed by atoms with van der Waals surface area (Å²) in [6.45, 7) is 6.72. The molecule has 0 amide bonds. The quantitative estimate of drug-likeness (QED) is 0.412. The van der Waals surface area contributed by atoms with Crippen molar-refractivity contribution in [1.29, 1.82) is 0 Å². The summed E-state index contributed by atoms with van der Waals surface area (Å²) in [5.41, 5.74) is 5.71. The third kappa shape index (κ3) is 4.21. The van der Waals surface area contributed by atoms with Gasteiger partial charge in [-0.05, 0) is 12.5 Å². The number of nitrogens with one attached hydrogen (secondary N) is 1. The summed E-state index contributed by atoms with van der Waals surface area (Å²) < 4.78 is 11.3. The van der Waals surface area contributed by atoms with Crippen molar-refractivity contribution in [2.45, 2.75) is 13.5 Å². The number of rotatable bonds is 5. The van der Waals surface area contributed by atoms with Crippen LogP contribution in [0.2, 0.25) is 0 Å². The Balaban J connectivity index is 1.36. The van der Waals surface area contributed by atoms with Crippen molar-refractivity contribution in [3.63, 3.8) is 0 Å². The molecule has 176 valence electrons. The summed E-state index contributed by atoms with van der Waals surface area (Å²) >= 11 is 0. The number of aryl methyl sites for hydroxylation is 1. The summed E-state index contributed by atoms with van der Waals surface area (Å²) in [7, 11) is 0. The van der Waals surface area contributed by atoms with E-state index in [-0.39, 0.29) is 12.6 Å². The average molecular weight is 467 g/mol. The molecular formula is C29H28N3O3+. The zero-order valence-electron chi connectivity index (χ0n) is 19.8. The van der Waals surface area contributed by atoms with E-state index >= 15 is 0 Å².